The van der Waals surface area contributed by atoms with Gasteiger partial charge in [-0.05, 0) is 56.2 Å². The Labute approximate surface area is 188 Å². The van der Waals surface area contributed by atoms with E-state index in [4.69, 9.17) is 27.1 Å². The highest BCUT2D eigenvalue weighted by atomic mass is 35.5. The molecule has 0 unspecified atom stereocenters. The van der Waals surface area contributed by atoms with Gasteiger partial charge >= 0.3 is 0 Å². The molecule has 1 saturated heterocycles. The number of hydrogen-bond donors (Lipinski definition) is 2. The summed E-state index contributed by atoms with van der Waals surface area (Å²) in [6.45, 7) is 2.55. The second kappa shape index (κ2) is 10.5. The van der Waals surface area contributed by atoms with E-state index >= 15 is 0 Å². The minimum absolute atomic E-state index is 0.0421. The Balaban J connectivity index is 1.44. The highest BCUT2D eigenvalue weighted by Crippen LogP contribution is 2.29. The van der Waals surface area contributed by atoms with E-state index in [0.717, 1.165) is 81.1 Å². The summed E-state index contributed by atoms with van der Waals surface area (Å²) in [6.07, 6.45) is 7.82. The van der Waals surface area contributed by atoms with E-state index in [9.17, 15) is 4.79 Å². The van der Waals surface area contributed by atoms with Crippen LogP contribution in [0.25, 0.3) is 11.3 Å². The number of hydrogen-bond acceptors (Lipinski definition) is 6. The molecule has 2 aliphatic rings. The molecule has 3 N–H and O–H groups in total. The maximum atomic E-state index is 12.8. The second-order valence-corrected chi connectivity index (χ2v) is 9.17. The molecule has 7 heteroatoms. The summed E-state index contributed by atoms with van der Waals surface area (Å²) in [5, 5.41) is 3.98. The zero-order chi connectivity index (χ0) is 21.6. The van der Waals surface area contributed by atoms with E-state index in [1.165, 1.54) is 0 Å². The number of nitrogens with one attached hydrogen (secondary N) is 1. The highest BCUT2D eigenvalue weighted by Gasteiger charge is 2.25. The van der Waals surface area contributed by atoms with Crippen LogP contribution in [0.2, 0.25) is 5.02 Å². The number of halogens is 1. The molecule has 1 saturated carbocycles. The molecule has 2 atom stereocenters. The summed E-state index contributed by atoms with van der Waals surface area (Å²) in [7, 11) is 0. The minimum Gasteiger partial charge on any atom is -0.381 e. The molecule has 2 fully saturated rings. The van der Waals surface area contributed by atoms with Gasteiger partial charge in [0.2, 0.25) is 0 Å². The van der Waals surface area contributed by atoms with Crippen molar-refractivity contribution in [3.63, 3.8) is 0 Å². The monoisotopic (exact) mass is 442 g/mol. The SMILES string of the molecule is N[C@@H]1CCC[C@H](C(=O)Cc2cc(-c3cccc(NCC4CCOCC4)n3)c(Cl)cn2)C1. The first-order chi connectivity index (χ1) is 15.1. The van der Waals surface area contributed by atoms with Crippen molar-refractivity contribution in [2.75, 3.05) is 25.1 Å². The Bertz CT molecular complexity index is 901. The molecule has 0 spiro atoms. The number of rotatable bonds is 7. The first kappa shape index (κ1) is 22.2. The average Bonchev–Trinajstić information content (AvgIpc) is 2.80. The van der Waals surface area contributed by atoms with Gasteiger partial charge in [0, 0.05) is 55.6 Å². The first-order valence-electron chi connectivity index (χ1n) is 11.3. The molecule has 0 aromatic carbocycles. The van der Waals surface area contributed by atoms with Crippen molar-refractivity contribution in [3.8, 4) is 11.3 Å². The fourth-order valence-electron chi connectivity index (χ4n) is 4.50. The number of ketones is 1. The van der Waals surface area contributed by atoms with Gasteiger partial charge in [0.1, 0.15) is 11.6 Å². The summed E-state index contributed by atoms with van der Waals surface area (Å²) < 4.78 is 5.43. The number of nitrogens with two attached hydrogens (primary N) is 1. The molecule has 31 heavy (non-hydrogen) atoms. The summed E-state index contributed by atoms with van der Waals surface area (Å²) in [6, 6.07) is 7.91. The Morgan fingerprint density at radius 2 is 2.06 bits per heavy atom. The quantitative estimate of drug-likeness (QED) is 0.665. The molecule has 0 radical (unpaired) electrons. The number of ether oxygens (including phenoxy) is 1. The van der Waals surface area contributed by atoms with Crippen molar-refractivity contribution in [1.82, 2.24) is 9.97 Å². The maximum absolute atomic E-state index is 12.8. The van der Waals surface area contributed by atoms with Crippen LogP contribution < -0.4 is 11.1 Å². The molecule has 1 aliphatic carbocycles. The van der Waals surface area contributed by atoms with Crippen LogP contribution in [0, 0.1) is 11.8 Å². The number of aromatic nitrogens is 2. The lowest BCUT2D eigenvalue weighted by Crippen LogP contribution is -2.32. The fourth-order valence-corrected chi connectivity index (χ4v) is 4.70. The minimum atomic E-state index is 0.0421. The number of Topliss-reactive ketones (excluding diaryl/α,β-unsaturated/α-hetero) is 1. The van der Waals surface area contributed by atoms with Crippen LogP contribution >= 0.6 is 11.6 Å². The third kappa shape index (κ3) is 6.03. The summed E-state index contributed by atoms with van der Waals surface area (Å²) >= 11 is 6.45. The van der Waals surface area contributed by atoms with Crippen LogP contribution in [0.3, 0.4) is 0 Å². The van der Waals surface area contributed by atoms with Crippen molar-refractivity contribution in [1.29, 1.82) is 0 Å². The lowest BCUT2D eigenvalue weighted by molar-refractivity contribution is -0.123. The van der Waals surface area contributed by atoms with Crippen LogP contribution in [0.5, 0.6) is 0 Å². The smallest absolute Gasteiger partial charge is 0.141 e. The zero-order valence-corrected chi connectivity index (χ0v) is 18.6. The predicted octanol–water partition coefficient (Wildman–Crippen LogP) is 4.26. The van der Waals surface area contributed by atoms with Crippen molar-refractivity contribution in [3.05, 3.63) is 41.2 Å². The number of anilines is 1. The molecule has 3 heterocycles. The molecule has 166 valence electrons. The average molecular weight is 443 g/mol. The largest absolute Gasteiger partial charge is 0.381 e. The van der Waals surface area contributed by atoms with Crippen molar-refractivity contribution >= 4 is 23.2 Å². The van der Waals surface area contributed by atoms with Gasteiger partial charge in [0.05, 0.1) is 10.7 Å². The molecule has 0 amide bonds. The van der Waals surface area contributed by atoms with Gasteiger partial charge in [-0.15, -0.1) is 0 Å². The van der Waals surface area contributed by atoms with Crippen LogP contribution in [-0.2, 0) is 16.0 Å². The van der Waals surface area contributed by atoms with Gasteiger partial charge in [-0.3, -0.25) is 9.78 Å². The normalized spacial score (nSPS) is 22.3. The van der Waals surface area contributed by atoms with Gasteiger partial charge in [0.25, 0.3) is 0 Å². The Morgan fingerprint density at radius 3 is 2.87 bits per heavy atom. The number of nitrogens with zero attached hydrogens (tertiary/aromatic N) is 2. The summed E-state index contributed by atoms with van der Waals surface area (Å²) in [4.78, 5) is 21.9. The van der Waals surface area contributed by atoms with E-state index in [-0.39, 0.29) is 17.7 Å². The van der Waals surface area contributed by atoms with Gasteiger partial charge in [-0.1, -0.05) is 24.1 Å². The zero-order valence-electron chi connectivity index (χ0n) is 17.9. The van der Waals surface area contributed by atoms with Crippen molar-refractivity contribution in [2.45, 2.75) is 51.0 Å². The molecule has 6 nitrogen and oxygen atoms in total. The molecular weight excluding hydrogens is 412 g/mol. The van der Waals surface area contributed by atoms with Gasteiger partial charge in [0.15, 0.2) is 0 Å². The maximum Gasteiger partial charge on any atom is 0.141 e. The van der Waals surface area contributed by atoms with E-state index in [0.29, 0.717) is 17.4 Å². The summed E-state index contributed by atoms with van der Waals surface area (Å²) in [5.41, 5.74) is 8.36. The van der Waals surface area contributed by atoms with Crippen molar-refractivity contribution in [2.24, 2.45) is 17.6 Å². The topological polar surface area (TPSA) is 90.1 Å². The molecule has 2 aromatic rings. The highest BCUT2D eigenvalue weighted by molar-refractivity contribution is 6.33. The Kier molecular flexibility index (Phi) is 7.54. The van der Waals surface area contributed by atoms with E-state index in [1.807, 2.05) is 24.3 Å². The molecule has 2 aromatic heterocycles. The van der Waals surface area contributed by atoms with E-state index in [2.05, 4.69) is 10.3 Å². The first-order valence-corrected chi connectivity index (χ1v) is 11.7. The lowest BCUT2D eigenvalue weighted by atomic mass is 9.82. The Morgan fingerprint density at radius 1 is 1.23 bits per heavy atom. The molecular formula is C24H31ClN4O2. The molecule has 4 rings (SSSR count). The van der Waals surface area contributed by atoms with Gasteiger partial charge < -0.3 is 15.8 Å². The Hall–Kier alpha value is -2.02. The van der Waals surface area contributed by atoms with Gasteiger partial charge in [-0.25, -0.2) is 4.98 Å². The van der Waals surface area contributed by atoms with Crippen LogP contribution in [0.1, 0.15) is 44.2 Å². The number of carbonyl (C=O) groups is 1. The molecule has 1 aliphatic heterocycles. The third-order valence-electron chi connectivity index (χ3n) is 6.38. The van der Waals surface area contributed by atoms with Gasteiger partial charge in [-0.2, -0.15) is 0 Å². The van der Waals surface area contributed by atoms with Crippen LogP contribution in [0.15, 0.2) is 30.5 Å². The second-order valence-electron chi connectivity index (χ2n) is 8.77. The molecule has 0 bridgehead atoms. The summed E-state index contributed by atoms with van der Waals surface area (Å²) in [5.74, 6) is 1.69. The van der Waals surface area contributed by atoms with Crippen LogP contribution in [-0.4, -0.2) is 41.6 Å². The number of pyridine rings is 2. The van der Waals surface area contributed by atoms with E-state index in [1.54, 1.807) is 6.20 Å². The van der Waals surface area contributed by atoms with E-state index < -0.39 is 0 Å². The fraction of sp³-hybridized carbons (Fsp3) is 0.542. The van der Waals surface area contributed by atoms with Crippen molar-refractivity contribution < 1.29 is 9.53 Å². The standard InChI is InChI=1S/C24H31ClN4O2/c25-21-15-27-19(13-23(30)17-3-1-4-18(26)11-17)12-20(21)22-5-2-6-24(29-22)28-14-16-7-9-31-10-8-16/h2,5-6,12,15-18H,1,3-4,7-11,13-14,26H2,(H,28,29)/t17-,18+/m0/s1. The third-order valence-corrected chi connectivity index (χ3v) is 6.68. The lowest BCUT2D eigenvalue weighted by Gasteiger charge is -2.25. The number of carbonyl (C=O) groups excluding carboxylic acids is 1. The van der Waals surface area contributed by atoms with Crippen LogP contribution in [0.4, 0.5) is 5.82 Å². The predicted molar refractivity (Wildman–Crippen MR) is 123 cm³/mol.